The van der Waals surface area contributed by atoms with Gasteiger partial charge in [0.1, 0.15) is 0 Å². The summed E-state index contributed by atoms with van der Waals surface area (Å²) < 4.78 is 0. The molecule has 0 saturated heterocycles. The van der Waals surface area contributed by atoms with E-state index in [-0.39, 0.29) is 0 Å². The first-order valence-electron chi connectivity index (χ1n) is 8.38. The van der Waals surface area contributed by atoms with Crippen molar-refractivity contribution in [2.75, 3.05) is 18.9 Å². The summed E-state index contributed by atoms with van der Waals surface area (Å²) in [5.41, 5.74) is 6.07. The van der Waals surface area contributed by atoms with E-state index in [0.717, 1.165) is 41.3 Å². The van der Waals surface area contributed by atoms with E-state index in [0.29, 0.717) is 16.1 Å². The van der Waals surface area contributed by atoms with Crippen molar-refractivity contribution in [2.45, 2.75) is 19.4 Å². The lowest BCUT2D eigenvalue weighted by Crippen LogP contribution is -2.33. The van der Waals surface area contributed by atoms with Crippen LogP contribution in [0.5, 0.6) is 0 Å². The molecule has 128 valence electrons. The number of nitrogens with one attached hydrogen (secondary N) is 1. The van der Waals surface area contributed by atoms with E-state index >= 15 is 0 Å². The lowest BCUT2D eigenvalue weighted by atomic mass is 9.94. The highest BCUT2D eigenvalue weighted by Crippen LogP contribution is 2.38. The van der Waals surface area contributed by atoms with E-state index < -0.39 is 0 Å². The maximum absolute atomic E-state index is 6.29. The van der Waals surface area contributed by atoms with Gasteiger partial charge in [-0.2, -0.15) is 0 Å². The molecule has 1 atom stereocenters. The van der Waals surface area contributed by atoms with Crippen LogP contribution in [-0.4, -0.2) is 30.2 Å². The number of fused-ring (bicyclic) bond motifs is 2. The van der Waals surface area contributed by atoms with Crippen molar-refractivity contribution in [3.63, 3.8) is 0 Å². The van der Waals surface area contributed by atoms with Gasteiger partial charge in [0.2, 0.25) is 0 Å². The number of halogens is 2. The third-order valence-electron chi connectivity index (χ3n) is 4.87. The minimum Gasteiger partial charge on any atom is -0.353 e. The Labute approximate surface area is 158 Å². The smallest absolute Gasteiger partial charge is 0.0886 e. The first-order valence-corrected chi connectivity index (χ1v) is 9.13. The molecule has 0 bridgehead atoms. The van der Waals surface area contributed by atoms with Crippen molar-refractivity contribution in [3.05, 3.63) is 63.7 Å². The van der Waals surface area contributed by atoms with Crippen LogP contribution in [0.25, 0.3) is 0 Å². The Morgan fingerprint density at radius 3 is 2.56 bits per heavy atom. The number of hydrogen-bond donors (Lipinski definition) is 1. The molecule has 0 fully saturated rings. The summed E-state index contributed by atoms with van der Waals surface area (Å²) in [6, 6.07) is 12.0. The van der Waals surface area contributed by atoms with Crippen LogP contribution in [0.1, 0.15) is 18.9 Å². The van der Waals surface area contributed by atoms with Gasteiger partial charge in [-0.1, -0.05) is 29.3 Å². The van der Waals surface area contributed by atoms with E-state index in [1.807, 2.05) is 36.4 Å². The minimum atomic E-state index is 0.379. The largest absolute Gasteiger partial charge is 0.353 e. The molecule has 3 nitrogen and oxygen atoms in total. The summed E-state index contributed by atoms with van der Waals surface area (Å²) in [6.45, 7) is 3.22. The number of rotatable bonds is 1. The van der Waals surface area contributed by atoms with Gasteiger partial charge < -0.3 is 5.32 Å². The van der Waals surface area contributed by atoms with Crippen LogP contribution in [0.15, 0.2) is 53.0 Å². The predicted molar refractivity (Wildman–Crippen MR) is 107 cm³/mol. The molecule has 5 heteroatoms. The van der Waals surface area contributed by atoms with Crippen LogP contribution < -0.4 is 5.32 Å². The van der Waals surface area contributed by atoms with Gasteiger partial charge in [-0.25, -0.2) is 4.99 Å². The Morgan fingerprint density at radius 1 is 1.08 bits per heavy atom. The average molecular weight is 372 g/mol. The van der Waals surface area contributed by atoms with Gasteiger partial charge in [-0.3, -0.25) is 4.90 Å². The Kier molecular flexibility index (Phi) is 4.32. The first-order chi connectivity index (χ1) is 12.0. The highest BCUT2D eigenvalue weighted by atomic mass is 35.5. The summed E-state index contributed by atoms with van der Waals surface area (Å²) in [4.78, 5) is 7.33. The number of hydrogen-bond acceptors (Lipinski definition) is 3. The Morgan fingerprint density at radius 2 is 1.80 bits per heavy atom. The monoisotopic (exact) mass is 371 g/mol. The minimum absolute atomic E-state index is 0.379. The SMILES string of the molecule is C[C@H]1C=C(C2=Nc3cc(Cl)ccc3Nc3ccc(Cl)cc32)CCN1C. The zero-order valence-corrected chi connectivity index (χ0v) is 15.7. The fourth-order valence-electron chi connectivity index (χ4n) is 3.29. The molecule has 2 aromatic carbocycles. The van der Waals surface area contributed by atoms with Gasteiger partial charge in [-0.15, -0.1) is 0 Å². The number of aliphatic imine (C=N–C) groups is 1. The summed E-state index contributed by atoms with van der Waals surface area (Å²) in [5.74, 6) is 0. The zero-order chi connectivity index (χ0) is 17.6. The van der Waals surface area contributed by atoms with Crippen LogP contribution in [0.2, 0.25) is 10.0 Å². The molecule has 0 radical (unpaired) electrons. The summed E-state index contributed by atoms with van der Waals surface area (Å²) >= 11 is 12.5. The number of benzene rings is 2. The fourth-order valence-corrected chi connectivity index (χ4v) is 3.63. The Bertz CT molecular complexity index is 902. The molecule has 0 amide bonds. The van der Waals surface area contributed by atoms with Crippen LogP contribution in [0.3, 0.4) is 0 Å². The molecule has 0 aromatic heterocycles. The maximum atomic E-state index is 6.29. The number of nitrogens with zero attached hydrogens (tertiary/aromatic N) is 2. The fraction of sp³-hybridized carbons (Fsp3) is 0.250. The lowest BCUT2D eigenvalue weighted by molar-refractivity contribution is 0.288. The summed E-state index contributed by atoms with van der Waals surface area (Å²) in [7, 11) is 2.15. The predicted octanol–water partition coefficient (Wildman–Crippen LogP) is 5.82. The molecule has 2 aliphatic heterocycles. The van der Waals surface area contributed by atoms with Crippen molar-refractivity contribution in [2.24, 2.45) is 4.99 Å². The quantitative estimate of drug-likeness (QED) is 0.683. The second-order valence-corrected chi connectivity index (χ2v) is 7.47. The molecule has 4 rings (SSSR count). The molecule has 0 aliphatic carbocycles. The van der Waals surface area contributed by atoms with Crippen LogP contribution >= 0.6 is 23.2 Å². The first kappa shape index (κ1) is 16.6. The Hall–Kier alpha value is -1.81. The Balaban J connectivity index is 1.93. The van der Waals surface area contributed by atoms with Crippen molar-refractivity contribution in [3.8, 4) is 0 Å². The highest BCUT2D eigenvalue weighted by molar-refractivity contribution is 6.32. The maximum Gasteiger partial charge on any atom is 0.0886 e. The van der Waals surface area contributed by atoms with E-state index in [1.165, 1.54) is 5.57 Å². The van der Waals surface area contributed by atoms with Gasteiger partial charge in [0.05, 0.1) is 17.1 Å². The van der Waals surface area contributed by atoms with Crippen molar-refractivity contribution in [1.82, 2.24) is 4.90 Å². The molecule has 0 unspecified atom stereocenters. The molecule has 0 spiro atoms. The van der Waals surface area contributed by atoms with Crippen LogP contribution in [-0.2, 0) is 0 Å². The third-order valence-corrected chi connectivity index (χ3v) is 5.34. The molecule has 0 saturated carbocycles. The van der Waals surface area contributed by atoms with E-state index in [1.54, 1.807) is 0 Å². The molecule has 25 heavy (non-hydrogen) atoms. The van der Waals surface area contributed by atoms with E-state index in [9.17, 15) is 0 Å². The van der Waals surface area contributed by atoms with Gasteiger partial charge in [-0.05, 0) is 62.4 Å². The molecule has 1 N–H and O–H groups in total. The summed E-state index contributed by atoms with van der Waals surface area (Å²) in [5, 5.41) is 4.86. The van der Waals surface area contributed by atoms with Gasteiger partial charge >= 0.3 is 0 Å². The van der Waals surface area contributed by atoms with Crippen LogP contribution in [0.4, 0.5) is 17.1 Å². The molecule has 2 aromatic rings. The second-order valence-electron chi connectivity index (χ2n) is 6.60. The van der Waals surface area contributed by atoms with Gasteiger partial charge in [0.15, 0.2) is 0 Å². The third kappa shape index (κ3) is 3.20. The zero-order valence-electron chi connectivity index (χ0n) is 14.2. The van der Waals surface area contributed by atoms with Crippen molar-refractivity contribution in [1.29, 1.82) is 0 Å². The van der Waals surface area contributed by atoms with Gasteiger partial charge in [0.25, 0.3) is 0 Å². The van der Waals surface area contributed by atoms with Crippen molar-refractivity contribution < 1.29 is 0 Å². The van der Waals surface area contributed by atoms with Gasteiger partial charge in [0, 0.05) is 33.9 Å². The highest BCUT2D eigenvalue weighted by Gasteiger charge is 2.23. The number of likely N-dealkylation sites (N-methyl/N-ethyl adjacent to an activating group) is 1. The second kappa shape index (κ2) is 6.49. The normalized spacial score (nSPS) is 19.9. The molecular formula is C20H19Cl2N3. The van der Waals surface area contributed by atoms with E-state index in [4.69, 9.17) is 28.2 Å². The topological polar surface area (TPSA) is 27.6 Å². The number of anilines is 2. The molecular weight excluding hydrogens is 353 g/mol. The van der Waals surface area contributed by atoms with E-state index in [2.05, 4.69) is 30.3 Å². The molecule has 2 aliphatic rings. The van der Waals surface area contributed by atoms with Crippen molar-refractivity contribution >= 4 is 46.0 Å². The lowest BCUT2D eigenvalue weighted by Gasteiger charge is -2.29. The summed E-state index contributed by atoms with van der Waals surface area (Å²) in [6.07, 6.45) is 3.25. The molecule has 2 heterocycles. The average Bonchev–Trinajstić information content (AvgIpc) is 2.74. The standard InChI is InChI=1S/C20H19Cl2N3/c1-12-9-13(7-8-25(12)2)20-16-10-14(21)3-5-17(16)23-18-6-4-15(22)11-19(18)24-20/h3-6,9-12,23H,7-8H2,1-2H3/t12-/m0/s1. The van der Waals surface area contributed by atoms with Crippen LogP contribution in [0, 0.1) is 0 Å².